The van der Waals surface area contributed by atoms with Gasteiger partial charge in [0.15, 0.2) is 0 Å². The van der Waals surface area contributed by atoms with Crippen LogP contribution in [0.3, 0.4) is 0 Å². The van der Waals surface area contributed by atoms with Gasteiger partial charge in [0.25, 0.3) is 0 Å². The SMILES string of the molecule is CCCNC1CC1. The maximum atomic E-state index is 3.41. The fourth-order valence-corrected chi connectivity index (χ4v) is 0.636. The van der Waals surface area contributed by atoms with E-state index in [1.54, 1.807) is 0 Å². The first-order valence-electron chi connectivity index (χ1n) is 3.17. The predicted molar refractivity (Wildman–Crippen MR) is 31.3 cm³/mol. The molecule has 1 heteroatoms. The summed E-state index contributed by atoms with van der Waals surface area (Å²) in [6, 6.07) is 0.903. The van der Waals surface area contributed by atoms with Gasteiger partial charge in [-0.15, -0.1) is 0 Å². The highest BCUT2D eigenvalue weighted by molar-refractivity contribution is 4.80. The van der Waals surface area contributed by atoms with E-state index in [0.29, 0.717) is 0 Å². The van der Waals surface area contributed by atoms with E-state index < -0.39 is 0 Å². The van der Waals surface area contributed by atoms with Gasteiger partial charge >= 0.3 is 0 Å². The molecule has 0 aromatic heterocycles. The highest BCUT2D eigenvalue weighted by Crippen LogP contribution is 2.17. The molecule has 1 saturated carbocycles. The minimum atomic E-state index is 0.903. The Labute approximate surface area is 45.1 Å². The molecular formula is C6H13N. The van der Waals surface area contributed by atoms with Crippen LogP contribution < -0.4 is 5.32 Å². The molecule has 1 aliphatic rings. The Morgan fingerprint density at radius 3 is 2.71 bits per heavy atom. The summed E-state index contributed by atoms with van der Waals surface area (Å²) in [4.78, 5) is 0. The van der Waals surface area contributed by atoms with Gasteiger partial charge in [0.05, 0.1) is 0 Å². The van der Waals surface area contributed by atoms with E-state index in [4.69, 9.17) is 0 Å². The van der Waals surface area contributed by atoms with Gasteiger partial charge in [-0.05, 0) is 25.8 Å². The maximum absolute atomic E-state index is 3.41. The van der Waals surface area contributed by atoms with Gasteiger partial charge in [-0.2, -0.15) is 0 Å². The fourth-order valence-electron chi connectivity index (χ4n) is 0.636. The van der Waals surface area contributed by atoms with Crippen LogP contribution in [-0.2, 0) is 0 Å². The summed E-state index contributed by atoms with van der Waals surface area (Å²) in [6.45, 7) is 3.42. The molecule has 0 aromatic rings. The van der Waals surface area contributed by atoms with Crippen molar-refractivity contribution in [1.29, 1.82) is 0 Å². The summed E-state index contributed by atoms with van der Waals surface area (Å²) in [5, 5.41) is 3.41. The van der Waals surface area contributed by atoms with Gasteiger partial charge in [0.1, 0.15) is 0 Å². The van der Waals surface area contributed by atoms with Crippen LogP contribution in [0.4, 0.5) is 0 Å². The molecule has 1 N–H and O–H groups in total. The first-order chi connectivity index (χ1) is 3.43. The van der Waals surface area contributed by atoms with Gasteiger partial charge in [-0.25, -0.2) is 0 Å². The quantitative estimate of drug-likeness (QED) is 0.559. The Hall–Kier alpha value is -0.0400. The van der Waals surface area contributed by atoms with E-state index >= 15 is 0 Å². The zero-order valence-corrected chi connectivity index (χ0v) is 4.91. The average molecular weight is 99.2 g/mol. The topological polar surface area (TPSA) is 12.0 Å². The molecule has 1 rings (SSSR count). The molecule has 0 amide bonds. The first-order valence-corrected chi connectivity index (χ1v) is 3.17. The molecule has 1 nitrogen and oxygen atoms in total. The monoisotopic (exact) mass is 99.1 g/mol. The minimum absolute atomic E-state index is 0.903. The van der Waals surface area contributed by atoms with E-state index in [9.17, 15) is 0 Å². The molecule has 0 radical (unpaired) electrons. The second kappa shape index (κ2) is 2.31. The zero-order valence-electron chi connectivity index (χ0n) is 4.91. The second-order valence-corrected chi connectivity index (χ2v) is 2.23. The lowest BCUT2D eigenvalue weighted by molar-refractivity contribution is 0.671. The normalized spacial score (nSPS) is 20.1. The van der Waals surface area contributed by atoms with Crippen molar-refractivity contribution < 1.29 is 0 Å². The molecule has 7 heavy (non-hydrogen) atoms. The van der Waals surface area contributed by atoms with E-state index in [0.717, 1.165) is 6.04 Å². The smallest absolute Gasteiger partial charge is 0.00682 e. The zero-order chi connectivity index (χ0) is 5.11. The van der Waals surface area contributed by atoms with Crippen LogP contribution >= 0.6 is 0 Å². The van der Waals surface area contributed by atoms with Crippen molar-refractivity contribution in [2.75, 3.05) is 6.54 Å². The standard InChI is InChI=1S/C6H13N/c1-2-5-7-6-3-4-6/h6-7H,2-5H2,1H3. The van der Waals surface area contributed by atoms with Crippen LogP contribution in [0.1, 0.15) is 26.2 Å². The third kappa shape index (κ3) is 1.93. The van der Waals surface area contributed by atoms with Crippen molar-refractivity contribution in [1.82, 2.24) is 5.32 Å². The van der Waals surface area contributed by atoms with Crippen molar-refractivity contribution >= 4 is 0 Å². The molecule has 0 spiro atoms. The van der Waals surface area contributed by atoms with Crippen LogP contribution in [0.15, 0.2) is 0 Å². The highest BCUT2D eigenvalue weighted by Gasteiger charge is 2.18. The Kier molecular flexibility index (Phi) is 1.69. The van der Waals surface area contributed by atoms with Crippen molar-refractivity contribution in [3.05, 3.63) is 0 Å². The van der Waals surface area contributed by atoms with Gasteiger partial charge in [0.2, 0.25) is 0 Å². The van der Waals surface area contributed by atoms with Gasteiger partial charge < -0.3 is 5.32 Å². The summed E-state index contributed by atoms with van der Waals surface area (Å²) in [5.74, 6) is 0. The molecule has 0 aromatic carbocycles. The van der Waals surface area contributed by atoms with Crippen LogP contribution in [0, 0.1) is 0 Å². The molecule has 0 bridgehead atoms. The average Bonchev–Trinajstić information content (AvgIpc) is 2.42. The van der Waals surface area contributed by atoms with Crippen LogP contribution in [0.25, 0.3) is 0 Å². The van der Waals surface area contributed by atoms with Gasteiger partial charge in [-0.1, -0.05) is 6.92 Å². The van der Waals surface area contributed by atoms with E-state index in [1.807, 2.05) is 0 Å². The third-order valence-electron chi connectivity index (χ3n) is 1.26. The molecule has 0 saturated heterocycles. The molecule has 0 aliphatic heterocycles. The Morgan fingerprint density at radius 1 is 1.57 bits per heavy atom. The lowest BCUT2D eigenvalue weighted by Crippen LogP contribution is -2.16. The maximum Gasteiger partial charge on any atom is 0.00682 e. The summed E-state index contributed by atoms with van der Waals surface area (Å²) >= 11 is 0. The summed E-state index contributed by atoms with van der Waals surface area (Å²) in [5.41, 5.74) is 0. The van der Waals surface area contributed by atoms with Crippen molar-refractivity contribution in [2.24, 2.45) is 0 Å². The first kappa shape index (κ1) is 5.10. The number of hydrogen-bond donors (Lipinski definition) is 1. The Bertz CT molecular complexity index is 48.1. The Balaban J connectivity index is 1.80. The highest BCUT2D eigenvalue weighted by atomic mass is 14.9. The number of nitrogens with one attached hydrogen (secondary N) is 1. The summed E-state index contributed by atoms with van der Waals surface area (Å²) < 4.78 is 0. The van der Waals surface area contributed by atoms with E-state index in [1.165, 1.54) is 25.8 Å². The molecule has 0 heterocycles. The van der Waals surface area contributed by atoms with Crippen molar-refractivity contribution in [2.45, 2.75) is 32.2 Å². The number of rotatable bonds is 3. The lowest BCUT2D eigenvalue weighted by atomic mass is 10.5. The number of hydrogen-bond acceptors (Lipinski definition) is 1. The fraction of sp³-hybridized carbons (Fsp3) is 1.00. The summed E-state index contributed by atoms with van der Waals surface area (Å²) in [6.07, 6.45) is 4.11. The second-order valence-electron chi connectivity index (χ2n) is 2.23. The molecular weight excluding hydrogens is 86.1 g/mol. The van der Waals surface area contributed by atoms with Crippen molar-refractivity contribution in [3.63, 3.8) is 0 Å². The van der Waals surface area contributed by atoms with E-state index in [-0.39, 0.29) is 0 Å². The lowest BCUT2D eigenvalue weighted by Gasteiger charge is -1.94. The summed E-state index contributed by atoms with van der Waals surface area (Å²) in [7, 11) is 0. The largest absolute Gasteiger partial charge is 0.314 e. The van der Waals surface area contributed by atoms with Crippen LogP contribution in [-0.4, -0.2) is 12.6 Å². The molecule has 1 aliphatic carbocycles. The van der Waals surface area contributed by atoms with Crippen LogP contribution in [0.5, 0.6) is 0 Å². The minimum Gasteiger partial charge on any atom is -0.314 e. The van der Waals surface area contributed by atoms with E-state index in [2.05, 4.69) is 12.2 Å². The molecule has 0 atom stereocenters. The van der Waals surface area contributed by atoms with Gasteiger partial charge in [-0.3, -0.25) is 0 Å². The molecule has 1 fully saturated rings. The Morgan fingerprint density at radius 2 is 2.29 bits per heavy atom. The predicted octanol–water partition coefficient (Wildman–Crippen LogP) is 1.15. The van der Waals surface area contributed by atoms with Crippen molar-refractivity contribution in [3.8, 4) is 0 Å². The van der Waals surface area contributed by atoms with Gasteiger partial charge in [0, 0.05) is 6.04 Å². The third-order valence-corrected chi connectivity index (χ3v) is 1.26. The molecule has 0 unspecified atom stereocenters. The molecule has 42 valence electrons. The van der Waals surface area contributed by atoms with Crippen LogP contribution in [0.2, 0.25) is 0 Å².